The van der Waals surface area contributed by atoms with Crippen LogP contribution in [0.25, 0.3) is 5.69 Å². The molecule has 2 aromatic rings. The van der Waals surface area contributed by atoms with E-state index >= 15 is 0 Å². The predicted molar refractivity (Wildman–Crippen MR) is 88.6 cm³/mol. The second-order valence-electron chi connectivity index (χ2n) is 4.54. The highest BCUT2D eigenvalue weighted by Crippen LogP contribution is 2.10. The van der Waals surface area contributed by atoms with Crippen molar-refractivity contribution in [2.75, 3.05) is 13.1 Å². The smallest absolute Gasteiger partial charge is 0.269 e. The molecule has 0 saturated heterocycles. The Hall–Kier alpha value is -1.56. The van der Waals surface area contributed by atoms with Gasteiger partial charge in [-0.2, -0.15) is 0 Å². The summed E-state index contributed by atoms with van der Waals surface area (Å²) in [5.74, 6) is 0.124. The Morgan fingerprint density at radius 2 is 2.00 bits per heavy atom. The minimum absolute atomic E-state index is 0. The molecule has 21 heavy (non-hydrogen) atoms. The zero-order valence-corrected chi connectivity index (χ0v) is 13.4. The molecule has 7 heteroatoms. The first-order valence-corrected chi connectivity index (χ1v) is 6.28. The van der Waals surface area contributed by atoms with Crippen LogP contribution in [0, 0.1) is 5.92 Å². The van der Waals surface area contributed by atoms with Gasteiger partial charge in [-0.25, -0.2) is 4.98 Å². The summed E-state index contributed by atoms with van der Waals surface area (Å²) in [6.45, 7) is 3.11. The van der Waals surface area contributed by atoms with Gasteiger partial charge in [0, 0.05) is 12.2 Å². The van der Waals surface area contributed by atoms with E-state index in [1.807, 2.05) is 37.3 Å². The second-order valence-corrected chi connectivity index (χ2v) is 4.54. The normalized spacial score (nSPS) is 11.0. The molecule has 3 N–H and O–H groups in total. The van der Waals surface area contributed by atoms with E-state index in [2.05, 4.69) is 10.3 Å². The van der Waals surface area contributed by atoms with Gasteiger partial charge in [-0.1, -0.05) is 25.1 Å². The van der Waals surface area contributed by atoms with Crippen LogP contribution in [0.1, 0.15) is 17.4 Å². The summed E-state index contributed by atoms with van der Waals surface area (Å²) in [5, 5.41) is 2.87. The third-order valence-electron chi connectivity index (χ3n) is 2.92. The Kier molecular flexibility index (Phi) is 8.69. The Morgan fingerprint density at radius 3 is 2.62 bits per heavy atom. The highest BCUT2D eigenvalue weighted by Gasteiger charge is 2.13. The topological polar surface area (TPSA) is 72.9 Å². The van der Waals surface area contributed by atoms with E-state index < -0.39 is 0 Å². The number of para-hydroxylation sites is 1. The van der Waals surface area contributed by atoms with Crippen LogP contribution in [0.15, 0.2) is 42.9 Å². The molecule has 1 aromatic carbocycles. The SMILES string of the molecule is CC(CN)CNC(=O)c1cncn1-c1ccccc1.Cl.Cl. The van der Waals surface area contributed by atoms with Crippen LogP contribution >= 0.6 is 24.8 Å². The van der Waals surface area contributed by atoms with Gasteiger partial charge in [0.25, 0.3) is 5.91 Å². The van der Waals surface area contributed by atoms with Crippen molar-refractivity contribution in [3.63, 3.8) is 0 Å². The summed E-state index contributed by atoms with van der Waals surface area (Å²) >= 11 is 0. The lowest BCUT2D eigenvalue weighted by Crippen LogP contribution is -2.32. The molecule has 1 aromatic heterocycles. The molecule has 0 bridgehead atoms. The highest BCUT2D eigenvalue weighted by atomic mass is 35.5. The summed E-state index contributed by atoms with van der Waals surface area (Å²) in [6, 6.07) is 9.64. The van der Waals surface area contributed by atoms with Gasteiger partial charge >= 0.3 is 0 Å². The average molecular weight is 331 g/mol. The third-order valence-corrected chi connectivity index (χ3v) is 2.92. The molecule has 1 heterocycles. The van der Waals surface area contributed by atoms with Crippen molar-refractivity contribution in [1.82, 2.24) is 14.9 Å². The van der Waals surface area contributed by atoms with Crippen LogP contribution in [0.4, 0.5) is 0 Å². The van der Waals surface area contributed by atoms with Crippen LogP contribution in [-0.2, 0) is 0 Å². The quantitative estimate of drug-likeness (QED) is 0.881. The Labute approximate surface area is 136 Å². The van der Waals surface area contributed by atoms with Crippen molar-refractivity contribution in [2.24, 2.45) is 11.7 Å². The number of carbonyl (C=O) groups is 1. The predicted octanol–water partition coefficient (Wildman–Crippen LogP) is 2.04. The standard InChI is InChI=1S/C14H18N4O.2ClH/c1-11(7-15)8-17-14(19)13-9-16-10-18(13)12-5-3-2-4-6-12;;/h2-6,9-11H,7-8,15H2,1H3,(H,17,19);2*1H. The summed E-state index contributed by atoms with van der Waals surface area (Å²) in [4.78, 5) is 16.2. The van der Waals surface area contributed by atoms with Crippen molar-refractivity contribution >= 4 is 30.7 Å². The van der Waals surface area contributed by atoms with Gasteiger partial charge in [0.1, 0.15) is 5.69 Å². The molecule has 0 aliphatic carbocycles. The third kappa shape index (κ3) is 5.04. The Balaban J connectivity index is 0.00000200. The summed E-state index contributed by atoms with van der Waals surface area (Å²) < 4.78 is 1.77. The fourth-order valence-electron chi connectivity index (χ4n) is 1.70. The van der Waals surface area contributed by atoms with Crippen LogP contribution < -0.4 is 11.1 Å². The van der Waals surface area contributed by atoms with Gasteiger partial charge in [-0.05, 0) is 24.6 Å². The van der Waals surface area contributed by atoms with Crippen LogP contribution in [0.3, 0.4) is 0 Å². The van der Waals surface area contributed by atoms with Crippen molar-refractivity contribution in [1.29, 1.82) is 0 Å². The molecule has 0 aliphatic rings. The Bertz CT molecular complexity index is 545. The maximum atomic E-state index is 12.1. The number of hydrogen-bond donors (Lipinski definition) is 2. The van der Waals surface area contributed by atoms with Gasteiger partial charge in [-0.3, -0.25) is 9.36 Å². The maximum absolute atomic E-state index is 12.1. The van der Waals surface area contributed by atoms with Crippen molar-refractivity contribution in [2.45, 2.75) is 6.92 Å². The van der Waals surface area contributed by atoms with E-state index in [1.165, 1.54) is 0 Å². The van der Waals surface area contributed by atoms with Crippen LogP contribution in [-0.4, -0.2) is 28.5 Å². The van der Waals surface area contributed by atoms with Crippen molar-refractivity contribution < 1.29 is 4.79 Å². The summed E-state index contributed by atoms with van der Waals surface area (Å²) in [7, 11) is 0. The largest absolute Gasteiger partial charge is 0.350 e. The second kappa shape index (κ2) is 9.39. The lowest BCUT2D eigenvalue weighted by molar-refractivity contribution is 0.0941. The lowest BCUT2D eigenvalue weighted by atomic mass is 10.2. The molecule has 5 nitrogen and oxygen atoms in total. The fourth-order valence-corrected chi connectivity index (χ4v) is 1.70. The van der Waals surface area contributed by atoms with Crippen LogP contribution in [0.2, 0.25) is 0 Å². The minimum atomic E-state index is -0.137. The number of hydrogen-bond acceptors (Lipinski definition) is 3. The molecule has 0 aliphatic heterocycles. The molecular weight excluding hydrogens is 311 g/mol. The number of amides is 1. The number of imidazole rings is 1. The number of nitrogens with zero attached hydrogens (tertiary/aromatic N) is 2. The summed E-state index contributed by atoms with van der Waals surface area (Å²) in [5.41, 5.74) is 6.97. The number of carbonyl (C=O) groups excluding carboxylic acids is 1. The average Bonchev–Trinajstić information content (AvgIpc) is 2.94. The van der Waals surface area contributed by atoms with Gasteiger partial charge in [0.05, 0.1) is 12.5 Å². The molecule has 0 spiro atoms. The summed E-state index contributed by atoms with van der Waals surface area (Å²) in [6.07, 6.45) is 3.20. The molecule has 1 atom stereocenters. The van der Waals surface area contributed by atoms with Gasteiger partial charge in [-0.15, -0.1) is 24.8 Å². The van der Waals surface area contributed by atoms with Crippen molar-refractivity contribution in [3.8, 4) is 5.69 Å². The van der Waals surface area contributed by atoms with Crippen LogP contribution in [0.5, 0.6) is 0 Å². The number of benzene rings is 1. The highest BCUT2D eigenvalue weighted by molar-refractivity contribution is 5.93. The number of aromatic nitrogens is 2. The van der Waals surface area contributed by atoms with E-state index in [0.29, 0.717) is 18.8 Å². The Morgan fingerprint density at radius 1 is 1.33 bits per heavy atom. The fraction of sp³-hybridized carbons (Fsp3) is 0.286. The molecule has 0 saturated carbocycles. The molecular formula is C14H20Cl2N4O. The van der Waals surface area contributed by atoms with E-state index in [-0.39, 0.29) is 36.6 Å². The number of nitrogens with two attached hydrogens (primary N) is 1. The van der Waals surface area contributed by atoms with Crippen molar-refractivity contribution in [3.05, 3.63) is 48.5 Å². The molecule has 2 rings (SSSR count). The monoisotopic (exact) mass is 330 g/mol. The number of halogens is 2. The first-order valence-electron chi connectivity index (χ1n) is 6.28. The van der Waals surface area contributed by atoms with Gasteiger partial charge in [0.2, 0.25) is 0 Å². The maximum Gasteiger partial charge on any atom is 0.269 e. The van der Waals surface area contributed by atoms with E-state index in [9.17, 15) is 4.79 Å². The molecule has 0 fully saturated rings. The van der Waals surface area contributed by atoms with E-state index in [1.54, 1.807) is 17.1 Å². The van der Waals surface area contributed by atoms with Gasteiger partial charge < -0.3 is 11.1 Å². The number of rotatable bonds is 5. The first-order chi connectivity index (χ1) is 9.22. The molecule has 1 unspecified atom stereocenters. The lowest BCUT2D eigenvalue weighted by Gasteiger charge is -2.11. The first kappa shape index (κ1) is 19.4. The van der Waals surface area contributed by atoms with E-state index in [0.717, 1.165) is 5.69 Å². The van der Waals surface area contributed by atoms with Gasteiger partial charge in [0.15, 0.2) is 0 Å². The molecule has 116 valence electrons. The molecule has 1 amide bonds. The van der Waals surface area contributed by atoms with E-state index in [4.69, 9.17) is 5.73 Å². The zero-order valence-electron chi connectivity index (χ0n) is 11.7. The molecule has 0 radical (unpaired) electrons. The zero-order chi connectivity index (χ0) is 13.7. The minimum Gasteiger partial charge on any atom is -0.350 e. The number of nitrogens with one attached hydrogen (secondary N) is 1.